The van der Waals surface area contributed by atoms with Crippen LogP contribution in [0.1, 0.15) is 22.4 Å². The predicted octanol–water partition coefficient (Wildman–Crippen LogP) is 1.85. The van der Waals surface area contributed by atoms with E-state index in [2.05, 4.69) is 15.6 Å². The number of rotatable bonds is 5. The van der Waals surface area contributed by atoms with E-state index in [1.807, 2.05) is 0 Å². The lowest BCUT2D eigenvalue weighted by Crippen LogP contribution is -2.13. The molecule has 0 saturated carbocycles. The lowest BCUT2D eigenvalue weighted by molar-refractivity contribution is -0.114. The van der Waals surface area contributed by atoms with Gasteiger partial charge in [0.25, 0.3) is 5.91 Å². The monoisotopic (exact) mass is 304 g/mol. The molecule has 6 nitrogen and oxygen atoms in total. The fourth-order valence-electron chi connectivity index (χ4n) is 1.69. The SMILES string of the molecule is CC(=O)Nc1ccc(NC(=O)c2csc(CCN)n2)cc1. The van der Waals surface area contributed by atoms with Crippen LogP contribution in [-0.4, -0.2) is 23.3 Å². The molecule has 0 saturated heterocycles. The van der Waals surface area contributed by atoms with Crippen molar-refractivity contribution < 1.29 is 9.59 Å². The van der Waals surface area contributed by atoms with Gasteiger partial charge in [-0.3, -0.25) is 9.59 Å². The van der Waals surface area contributed by atoms with Crippen molar-refractivity contribution in [1.29, 1.82) is 0 Å². The van der Waals surface area contributed by atoms with Gasteiger partial charge in [0.2, 0.25) is 5.91 Å². The zero-order valence-electron chi connectivity index (χ0n) is 11.6. The molecule has 2 amide bonds. The number of hydrogen-bond acceptors (Lipinski definition) is 5. The van der Waals surface area contributed by atoms with E-state index < -0.39 is 0 Å². The first-order chi connectivity index (χ1) is 10.1. The maximum Gasteiger partial charge on any atom is 0.275 e. The van der Waals surface area contributed by atoms with Crippen LogP contribution in [0.3, 0.4) is 0 Å². The van der Waals surface area contributed by atoms with Crippen LogP contribution in [0.25, 0.3) is 0 Å². The summed E-state index contributed by atoms with van der Waals surface area (Å²) in [7, 11) is 0. The van der Waals surface area contributed by atoms with Gasteiger partial charge in [0.05, 0.1) is 5.01 Å². The minimum atomic E-state index is -0.262. The lowest BCUT2D eigenvalue weighted by Gasteiger charge is -2.05. The Bertz CT molecular complexity index is 637. The number of thiazole rings is 1. The Morgan fingerprint density at radius 3 is 2.38 bits per heavy atom. The molecular formula is C14H16N4O2S. The number of carbonyl (C=O) groups excluding carboxylic acids is 2. The summed E-state index contributed by atoms with van der Waals surface area (Å²) in [5.41, 5.74) is 7.16. The second-order valence-corrected chi connectivity index (χ2v) is 5.32. The van der Waals surface area contributed by atoms with Gasteiger partial charge in [-0.2, -0.15) is 0 Å². The fraction of sp³-hybridized carbons (Fsp3) is 0.214. The number of nitrogens with zero attached hydrogens (tertiary/aromatic N) is 1. The van der Waals surface area contributed by atoms with Crippen molar-refractivity contribution in [2.24, 2.45) is 5.73 Å². The van der Waals surface area contributed by atoms with Crippen molar-refractivity contribution in [2.75, 3.05) is 17.2 Å². The Labute approximate surface area is 126 Å². The van der Waals surface area contributed by atoms with Gasteiger partial charge in [-0.25, -0.2) is 4.98 Å². The van der Waals surface area contributed by atoms with Gasteiger partial charge in [0.1, 0.15) is 5.69 Å². The van der Waals surface area contributed by atoms with Crippen molar-refractivity contribution in [1.82, 2.24) is 4.98 Å². The van der Waals surface area contributed by atoms with E-state index in [9.17, 15) is 9.59 Å². The average Bonchev–Trinajstić information content (AvgIpc) is 2.89. The first-order valence-corrected chi connectivity index (χ1v) is 7.30. The number of nitrogens with two attached hydrogens (primary N) is 1. The Balaban J connectivity index is 1.99. The van der Waals surface area contributed by atoms with Gasteiger partial charge in [0.15, 0.2) is 0 Å². The largest absolute Gasteiger partial charge is 0.330 e. The van der Waals surface area contributed by atoms with Gasteiger partial charge >= 0.3 is 0 Å². The van der Waals surface area contributed by atoms with E-state index in [0.717, 1.165) is 5.01 Å². The normalized spacial score (nSPS) is 10.2. The van der Waals surface area contributed by atoms with Gasteiger partial charge in [-0.1, -0.05) is 0 Å². The minimum Gasteiger partial charge on any atom is -0.330 e. The number of hydrogen-bond donors (Lipinski definition) is 3. The van der Waals surface area contributed by atoms with Crippen LogP contribution in [0.5, 0.6) is 0 Å². The number of aromatic nitrogens is 1. The zero-order valence-corrected chi connectivity index (χ0v) is 12.4. The molecule has 1 heterocycles. The highest BCUT2D eigenvalue weighted by atomic mass is 32.1. The molecule has 0 unspecified atom stereocenters. The third kappa shape index (κ3) is 4.37. The molecule has 0 radical (unpaired) electrons. The van der Waals surface area contributed by atoms with Crippen LogP contribution in [0.15, 0.2) is 29.6 Å². The standard InChI is InChI=1S/C14H16N4O2S/c1-9(19)16-10-2-4-11(5-3-10)17-14(20)12-8-21-13(18-12)6-7-15/h2-5,8H,6-7,15H2,1H3,(H,16,19)(H,17,20). The third-order valence-corrected chi connectivity index (χ3v) is 3.51. The van der Waals surface area contributed by atoms with E-state index >= 15 is 0 Å². The quantitative estimate of drug-likeness (QED) is 0.785. The number of nitrogens with one attached hydrogen (secondary N) is 2. The van der Waals surface area contributed by atoms with Gasteiger partial charge in [-0.05, 0) is 30.8 Å². The Hall–Kier alpha value is -2.25. The van der Waals surface area contributed by atoms with E-state index in [-0.39, 0.29) is 11.8 Å². The van der Waals surface area contributed by atoms with Crippen molar-refractivity contribution in [3.63, 3.8) is 0 Å². The molecule has 0 aliphatic carbocycles. The maximum absolute atomic E-state index is 12.0. The summed E-state index contributed by atoms with van der Waals surface area (Å²) in [6, 6.07) is 6.88. The summed E-state index contributed by atoms with van der Waals surface area (Å²) in [6.45, 7) is 1.95. The summed E-state index contributed by atoms with van der Waals surface area (Å²) in [4.78, 5) is 27.2. The topological polar surface area (TPSA) is 97.1 Å². The minimum absolute atomic E-state index is 0.137. The number of amides is 2. The third-order valence-electron chi connectivity index (χ3n) is 2.61. The highest BCUT2D eigenvalue weighted by Crippen LogP contribution is 2.16. The molecular weight excluding hydrogens is 288 g/mol. The summed E-state index contributed by atoms with van der Waals surface area (Å²) < 4.78 is 0. The molecule has 1 aromatic carbocycles. The Kier molecular flexibility index (Phi) is 5.02. The van der Waals surface area contributed by atoms with Crippen LogP contribution in [0, 0.1) is 0 Å². The summed E-state index contributed by atoms with van der Waals surface area (Å²) in [5.74, 6) is -0.400. The van der Waals surface area contributed by atoms with Crippen molar-refractivity contribution in [2.45, 2.75) is 13.3 Å². The van der Waals surface area contributed by atoms with Crippen LogP contribution >= 0.6 is 11.3 Å². The Morgan fingerprint density at radius 2 is 1.81 bits per heavy atom. The highest BCUT2D eigenvalue weighted by molar-refractivity contribution is 7.09. The van der Waals surface area contributed by atoms with Gasteiger partial charge in [-0.15, -0.1) is 11.3 Å². The molecule has 0 aliphatic heterocycles. The van der Waals surface area contributed by atoms with Crippen molar-refractivity contribution in [3.8, 4) is 0 Å². The zero-order chi connectivity index (χ0) is 15.2. The molecule has 1 aromatic heterocycles. The first-order valence-electron chi connectivity index (χ1n) is 6.42. The molecule has 0 spiro atoms. The molecule has 0 bridgehead atoms. The second kappa shape index (κ2) is 6.96. The van der Waals surface area contributed by atoms with Crippen LogP contribution in [0.4, 0.5) is 11.4 Å². The predicted molar refractivity (Wildman–Crippen MR) is 83.6 cm³/mol. The maximum atomic E-state index is 12.0. The number of benzene rings is 1. The Morgan fingerprint density at radius 1 is 1.19 bits per heavy atom. The van der Waals surface area contributed by atoms with Crippen LogP contribution in [-0.2, 0) is 11.2 Å². The van der Waals surface area contributed by atoms with E-state index in [4.69, 9.17) is 5.73 Å². The van der Waals surface area contributed by atoms with E-state index in [0.29, 0.717) is 30.0 Å². The highest BCUT2D eigenvalue weighted by Gasteiger charge is 2.10. The number of carbonyl (C=O) groups is 2. The molecule has 21 heavy (non-hydrogen) atoms. The van der Waals surface area contributed by atoms with Gasteiger partial charge in [0, 0.05) is 30.1 Å². The molecule has 4 N–H and O–H groups in total. The van der Waals surface area contributed by atoms with E-state index in [1.54, 1.807) is 29.6 Å². The average molecular weight is 304 g/mol. The molecule has 2 rings (SSSR count). The van der Waals surface area contributed by atoms with Crippen LogP contribution < -0.4 is 16.4 Å². The van der Waals surface area contributed by atoms with Crippen molar-refractivity contribution in [3.05, 3.63) is 40.3 Å². The first kappa shape index (κ1) is 15.1. The molecule has 0 fully saturated rings. The van der Waals surface area contributed by atoms with Gasteiger partial charge < -0.3 is 16.4 Å². The summed E-state index contributed by atoms with van der Waals surface area (Å²) in [6.07, 6.45) is 0.670. The second-order valence-electron chi connectivity index (χ2n) is 4.38. The van der Waals surface area contributed by atoms with Crippen molar-refractivity contribution >= 4 is 34.5 Å². The fourth-order valence-corrected chi connectivity index (χ4v) is 2.48. The molecule has 110 valence electrons. The molecule has 7 heteroatoms. The van der Waals surface area contributed by atoms with E-state index in [1.165, 1.54) is 18.3 Å². The molecule has 0 aliphatic rings. The summed E-state index contributed by atoms with van der Waals surface area (Å²) in [5, 5.41) is 7.98. The lowest BCUT2D eigenvalue weighted by atomic mass is 10.2. The molecule has 2 aromatic rings. The molecule has 0 atom stereocenters. The smallest absolute Gasteiger partial charge is 0.275 e. The van der Waals surface area contributed by atoms with Crippen LogP contribution in [0.2, 0.25) is 0 Å². The number of anilines is 2. The summed E-state index contributed by atoms with van der Waals surface area (Å²) >= 11 is 1.42.